The second-order valence-corrected chi connectivity index (χ2v) is 7.47. The van der Waals surface area contributed by atoms with Gasteiger partial charge in [0.25, 0.3) is 0 Å². The van der Waals surface area contributed by atoms with E-state index in [0.717, 1.165) is 11.1 Å². The maximum absolute atomic E-state index is 11.6. The van der Waals surface area contributed by atoms with Crippen LogP contribution in [-0.2, 0) is 4.74 Å². The Balaban J connectivity index is 0.000000202. The number of rotatable bonds is 5. The van der Waals surface area contributed by atoms with Gasteiger partial charge in [0.05, 0.1) is 6.61 Å². The topological polar surface area (TPSA) is 193 Å². The molecule has 0 aliphatic carbocycles. The molecule has 4 heterocycles. The average molecular weight is 489 g/mol. The molecule has 0 radical (unpaired) electrons. The third-order valence-corrected chi connectivity index (χ3v) is 4.48. The number of nitrogens with two attached hydrogens (primary N) is 2. The summed E-state index contributed by atoms with van der Waals surface area (Å²) in [6.07, 6.45) is 3.36. The Kier molecular flexibility index (Phi) is 8.13. The van der Waals surface area contributed by atoms with Crippen LogP contribution in [0, 0.1) is 13.8 Å². The molecule has 0 aliphatic rings. The molecular formula is C24H24N8O4. The number of aryl methyl sites for hydroxylation is 2. The smallest absolute Gasteiger partial charge is 0.357 e. The lowest BCUT2D eigenvalue weighted by Gasteiger charge is -2.05. The number of carbonyl (C=O) groups excluding carboxylic acids is 1. The summed E-state index contributed by atoms with van der Waals surface area (Å²) in [4.78, 5) is 46.8. The molecule has 0 fully saturated rings. The van der Waals surface area contributed by atoms with Gasteiger partial charge in [0.15, 0.2) is 23.0 Å². The van der Waals surface area contributed by atoms with Crippen LogP contribution >= 0.6 is 0 Å². The fraction of sp³-hybridized carbons (Fsp3) is 0.167. The third-order valence-electron chi connectivity index (χ3n) is 4.48. The lowest BCUT2D eigenvalue weighted by Crippen LogP contribution is -2.10. The summed E-state index contributed by atoms with van der Waals surface area (Å²) >= 11 is 0. The van der Waals surface area contributed by atoms with Crippen LogP contribution < -0.4 is 11.5 Å². The predicted octanol–water partition coefficient (Wildman–Crippen LogP) is 2.73. The largest absolute Gasteiger partial charge is 0.477 e. The zero-order valence-electron chi connectivity index (χ0n) is 19.8. The molecule has 36 heavy (non-hydrogen) atoms. The monoisotopic (exact) mass is 488 g/mol. The molecule has 0 aliphatic heterocycles. The zero-order valence-corrected chi connectivity index (χ0v) is 19.8. The first-order valence-corrected chi connectivity index (χ1v) is 10.7. The first kappa shape index (κ1) is 25.6. The Labute approximate surface area is 206 Å². The van der Waals surface area contributed by atoms with Crippen LogP contribution in [0.4, 0.5) is 11.6 Å². The number of ether oxygens (including phenoxy) is 1. The van der Waals surface area contributed by atoms with Crippen LogP contribution in [-0.4, -0.2) is 53.6 Å². The van der Waals surface area contributed by atoms with Crippen molar-refractivity contribution in [3.8, 4) is 23.0 Å². The minimum Gasteiger partial charge on any atom is -0.477 e. The average Bonchev–Trinajstić information content (AvgIpc) is 2.84. The van der Waals surface area contributed by atoms with Crippen molar-refractivity contribution in [2.45, 2.75) is 20.8 Å². The Morgan fingerprint density at radius 1 is 0.806 bits per heavy atom. The summed E-state index contributed by atoms with van der Waals surface area (Å²) in [5.74, 6) is -0.840. The molecule has 0 saturated heterocycles. The number of nitrogens with zero attached hydrogens (tertiary/aromatic N) is 6. The molecule has 0 aromatic carbocycles. The van der Waals surface area contributed by atoms with Gasteiger partial charge in [0.2, 0.25) is 0 Å². The number of pyridine rings is 2. The van der Waals surface area contributed by atoms with Crippen LogP contribution in [0.2, 0.25) is 0 Å². The molecule has 4 aromatic heterocycles. The summed E-state index contributed by atoms with van der Waals surface area (Å²) in [5.41, 5.74) is 14.3. The number of hydrogen-bond donors (Lipinski definition) is 3. The van der Waals surface area contributed by atoms with Crippen LogP contribution in [0.1, 0.15) is 39.0 Å². The fourth-order valence-electron chi connectivity index (χ4n) is 2.78. The van der Waals surface area contributed by atoms with E-state index in [1.54, 1.807) is 31.5 Å². The number of anilines is 2. The van der Waals surface area contributed by atoms with E-state index in [-0.39, 0.29) is 35.5 Å². The van der Waals surface area contributed by atoms with Gasteiger partial charge >= 0.3 is 11.9 Å². The molecular weight excluding hydrogens is 464 g/mol. The maximum atomic E-state index is 11.6. The van der Waals surface area contributed by atoms with Gasteiger partial charge in [-0.25, -0.2) is 29.5 Å². The first-order chi connectivity index (χ1) is 17.2. The predicted molar refractivity (Wildman–Crippen MR) is 132 cm³/mol. The van der Waals surface area contributed by atoms with Crippen molar-refractivity contribution in [1.29, 1.82) is 0 Å². The highest BCUT2D eigenvalue weighted by molar-refractivity contribution is 5.88. The van der Waals surface area contributed by atoms with Gasteiger partial charge in [0.1, 0.15) is 23.0 Å². The molecule has 5 N–H and O–H groups in total. The van der Waals surface area contributed by atoms with E-state index in [0.29, 0.717) is 17.2 Å². The van der Waals surface area contributed by atoms with Gasteiger partial charge in [-0.05, 0) is 44.0 Å². The normalized spacial score (nSPS) is 10.2. The number of hydrogen-bond acceptors (Lipinski definition) is 11. The van der Waals surface area contributed by atoms with E-state index in [1.807, 2.05) is 26.0 Å². The van der Waals surface area contributed by atoms with Crippen molar-refractivity contribution in [2.24, 2.45) is 0 Å². The summed E-state index contributed by atoms with van der Waals surface area (Å²) < 4.78 is 4.89. The van der Waals surface area contributed by atoms with Crippen molar-refractivity contribution in [3.63, 3.8) is 0 Å². The molecule has 4 aromatic rings. The second-order valence-electron chi connectivity index (χ2n) is 7.47. The van der Waals surface area contributed by atoms with Crippen LogP contribution in [0.5, 0.6) is 0 Å². The third kappa shape index (κ3) is 6.76. The van der Waals surface area contributed by atoms with Gasteiger partial charge in [-0.15, -0.1) is 0 Å². The SMILES string of the molecule is CCOC(=O)c1cc(N)nc(-c2ccc(C)cn2)n1.Cc1ccc(-c2nc(N)cc(C(=O)O)n2)nc1. The Morgan fingerprint density at radius 2 is 1.28 bits per heavy atom. The van der Waals surface area contributed by atoms with Crippen LogP contribution in [0.15, 0.2) is 48.8 Å². The number of carbonyl (C=O) groups is 2. The fourth-order valence-corrected chi connectivity index (χ4v) is 2.78. The van der Waals surface area contributed by atoms with Crippen molar-refractivity contribution < 1.29 is 19.4 Å². The first-order valence-electron chi connectivity index (χ1n) is 10.7. The van der Waals surface area contributed by atoms with Crippen LogP contribution in [0.3, 0.4) is 0 Å². The van der Waals surface area contributed by atoms with Gasteiger partial charge in [-0.1, -0.05) is 12.1 Å². The van der Waals surface area contributed by atoms with Crippen LogP contribution in [0.25, 0.3) is 23.0 Å². The van der Waals surface area contributed by atoms with Gasteiger partial charge < -0.3 is 21.3 Å². The number of nitrogen functional groups attached to an aromatic ring is 2. The zero-order chi connectivity index (χ0) is 26.2. The van der Waals surface area contributed by atoms with E-state index in [9.17, 15) is 9.59 Å². The molecule has 0 amide bonds. The van der Waals surface area contributed by atoms with Gasteiger partial charge in [0, 0.05) is 24.5 Å². The lowest BCUT2D eigenvalue weighted by molar-refractivity contribution is 0.0519. The number of carboxylic acids is 1. The summed E-state index contributed by atoms with van der Waals surface area (Å²) in [5, 5.41) is 8.86. The van der Waals surface area contributed by atoms with E-state index in [4.69, 9.17) is 21.3 Å². The van der Waals surface area contributed by atoms with Gasteiger partial charge in [-0.2, -0.15) is 0 Å². The maximum Gasteiger partial charge on any atom is 0.357 e. The highest BCUT2D eigenvalue weighted by Crippen LogP contribution is 2.16. The van der Waals surface area contributed by atoms with Crippen molar-refractivity contribution in [3.05, 3.63) is 71.3 Å². The summed E-state index contributed by atoms with van der Waals surface area (Å²) in [6.45, 7) is 5.84. The number of carboxylic acid groups (broad SMARTS) is 1. The van der Waals surface area contributed by atoms with E-state index in [2.05, 4.69) is 29.9 Å². The molecule has 184 valence electrons. The highest BCUT2D eigenvalue weighted by Gasteiger charge is 2.13. The van der Waals surface area contributed by atoms with Crippen molar-refractivity contribution in [1.82, 2.24) is 29.9 Å². The number of aromatic nitrogens is 6. The molecule has 0 saturated carbocycles. The standard InChI is InChI=1S/C13H14N4O2.C11H10N4O2/c1-3-19-13(18)10-6-11(14)17-12(16-10)9-5-4-8(2)7-15-9;1-6-2-3-7(13-5-6)10-14-8(11(16)17)4-9(12)15-10/h4-7H,3H2,1-2H3,(H2,14,16,17);2-5H,1H3,(H,16,17)(H2,12,14,15). The number of aromatic carboxylic acids is 1. The summed E-state index contributed by atoms with van der Waals surface area (Å²) in [7, 11) is 0. The Hall–Kier alpha value is -5.00. The molecule has 12 heteroatoms. The van der Waals surface area contributed by atoms with Gasteiger partial charge in [-0.3, -0.25) is 9.97 Å². The lowest BCUT2D eigenvalue weighted by atomic mass is 10.2. The molecule has 12 nitrogen and oxygen atoms in total. The van der Waals surface area contributed by atoms with Crippen molar-refractivity contribution >= 4 is 23.6 Å². The van der Waals surface area contributed by atoms with E-state index >= 15 is 0 Å². The van der Waals surface area contributed by atoms with Crippen molar-refractivity contribution in [2.75, 3.05) is 18.1 Å². The quantitative estimate of drug-likeness (QED) is 0.348. The Bertz CT molecular complexity index is 1380. The number of esters is 1. The second kappa shape index (κ2) is 11.4. The molecule has 0 unspecified atom stereocenters. The van der Waals surface area contributed by atoms with E-state index in [1.165, 1.54) is 12.1 Å². The molecule has 0 atom stereocenters. The summed E-state index contributed by atoms with van der Waals surface area (Å²) in [6, 6.07) is 9.82. The minimum absolute atomic E-state index is 0.106. The molecule has 0 spiro atoms. The molecule has 4 rings (SSSR count). The highest BCUT2D eigenvalue weighted by atomic mass is 16.5. The molecule has 0 bridgehead atoms. The minimum atomic E-state index is -1.15. The van der Waals surface area contributed by atoms with E-state index < -0.39 is 11.9 Å². The Morgan fingerprint density at radius 3 is 1.69 bits per heavy atom.